The molecule has 1 unspecified atom stereocenters. The van der Waals surface area contributed by atoms with Gasteiger partial charge in [-0.2, -0.15) is 0 Å². The lowest BCUT2D eigenvalue weighted by molar-refractivity contribution is -0.384. The molecular weight excluding hydrogens is 182 g/mol. The van der Waals surface area contributed by atoms with E-state index in [2.05, 4.69) is 5.92 Å². The van der Waals surface area contributed by atoms with Gasteiger partial charge in [0.15, 0.2) is 0 Å². The van der Waals surface area contributed by atoms with Crippen LogP contribution >= 0.6 is 0 Å². The molecule has 4 nitrogen and oxygen atoms in total. The molecule has 0 spiro atoms. The minimum atomic E-state index is -0.749. The number of nitro groups is 1. The van der Waals surface area contributed by atoms with Gasteiger partial charge < -0.3 is 5.11 Å². The van der Waals surface area contributed by atoms with E-state index in [1.807, 2.05) is 0 Å². The summed E-state index contributed by atoms with van der Waals surface area (Å²) in [5.74, 6) is 2.32. The van der Waals surface area contributed by atoms with Gasteiger partial charge in [0.25, 0.3) is 5.69 Å². The Kier molecular flexibility index (Phi) is 3.21. The van der Waals surface area contributed by atoms with Gasteiger partial charge in [-0.25, -0.2) is 0 Å². The Balaban J connectivity index is 2.84. The van der Waals surface area contributed by atoms with Gasteiger partial charge >= 0.3 is 0 Å². The summed E-state index contributed by atoms with van der Waals surface area (Å²) >= 11 is 0. The van der Waals surface area contributed by atoms with Crippen molar-refractivity contribution in [1.82, 2.24) is 0 Å². The SMILES string of the molecule is C#CCC(O)c1ccc([N+](=O)[O-])cc1. The second-order valence-electron chi connectivity index (χ2n) is 2.77. The van der Waals surface area contributed by atoms with Gasteiger partial charge in [0.2, 0.25) is 0 Å². The van der Waals surface area contributed by atoms with Crippen molar-refractivity contribution in [3.8, 4) is 12.3 Å². The molecule has 0 aliphatic rings. The van der Waals surface area contributed by atoms with E-state index in [0.29, 0.717) is 5.56 Å². The number of hydrogen-bond donors (Lipinski definition) is 1. The number of rotatable bonds is 3. The molecule has 1 N–H and O–H groups in total. The standard InChI is InChI=1S/C10H9NO3/c1-2-3-10(12)8-4-6-9(7-5-8)11(13)14/h1,4-7,10,12H,3H2. The summed E-state index contributed by atoms with van der Waals surface area (Å²) in [7, 11) is 0. The second kappa shape index (κ2) is 4.40. The number of hydrogen-bond acceptors (Lipinski definition) is 3. The van der Waals surface area contributed by atoms with Crippen LogP contribution in [0.1, 0.15) is 18.1 Å². The molecule has 0 saturated heterocycles. The summed E-state index contributed by atoms with van der Waals surface area (Å²) < 4.78 is 0. The number of aliphatic hydroxyl groups excluding tert-OH is 1. The fourth-order valence-electron chi connectivity index (χ4n) is 1.05. The van der Waals surface area contributed by atoms with Crippen LogP contribution in [0.4, 0.5) is 5.69 Å². The lowest BCUT2D eigenvalue weighted by Crippen LogP contribution is -1.96. The highest BCUT2D eigenvalue weighted by Gasteiger charge is 2.08. The predicted octanol–water partition coefficient (Wildman–Crippen LogP) is 1.65. The number of non-ortho nitro benzene ring substituents is 1. The molecule has 0 bridgehead atoms. The highest BCUT2D eigenvalue weighted by molar-refractivity contribution is 5.33. The van der Waals surface area contributed by atoms with Crippen molar-refractivity contribution in [3.63, 3.8) is 0 Å². The topological polar surface area (TPSA) is 63.4 Å². The van der Waals surface area contributed by atoms with Gasteiger partial charge in [0, 0.05) is 18.6 Å². The largest absolute Gasteiger partial charge is 0.387 e. The molecule has 0 aliphatic carbocycles. The molecular formula is C10H9NO3. The van der Waals surface area contributed by atoms with E-state index < -0.39 is 11.0 Å². The zero-order valence-corrected chi connectivity index (χ0v) is 7.38. The van der Waals surface area contributed by atoms with Crippen LogP contribution in [0.3, 0.4) is 0 Å². The Bertz CT molecular complexity index is 364. The van der Waals surface area contributed by atoms with Gasteiger partial charge in [-0.15, -0.1) is 12.3 Å². The average molecular weight is 191 g/mol. The van der Waals surface area contributed by atoms with Crippen LogP contribution in [0.2, 0.25) is 0 Å². The van der Waals surface area contributed by atoms with Crippen LogP contribution in [-0.4, -0.2) is 10.0 Å². The predicted molar refractivity (Wildman–Crippen MR) is 51.5 cm³/mol. The zero-order chi connectivity index (χ0) is 10.6. The van der Waals surface area contributed by atoms with E-state index in [1.54, 1.807) is 0 Å². The molecule has 0 amide bonds. The summed E-state index contributed by atoms with van der Waals surface area (Å²) in [5.41, 5.74) is 0.593. The number of nitrogens with zero attached hydrogens (tertiary/aromatic N) is 1. The van der Waals surface area contributed by atoms with E-state index in [0.717, 1.165) is 0 Å². The van der Waals surface area contributed by atoms with E-state index in [-0.39, 0.29) is 12.1 Å². The summed E-state index contributed by atoms with van der Waals surface area (Å²) in [6, 6.07) is 5.68. The first-order chi connectivity index (χ1) is 6.65. The van der Waals surface area contributed by atoms with Crippen molar-refractivity contribution < 1.29 is 10.0 Å². The molecule has 1 aromatic rings. The third kappa shape index (κ3) is 2.31. The molecule has 0 heterocycles. The fourth-order valence-corrected chi connectivity index (χ4v) is 1.05. The lowest BCUT2D eigenvalue weighted by atomic mass is 10.1. The van der Waals surface area contributed by atoms with Crippen molar-refractivity contribution in [2.75, 3.05) is 0 Å². The zero-order valence-electron chi connectivity index (χ0n) is 7.38. The van der Waals surface area contributed by atoms with Gasteiger partial charge in [-0.3, -0.25) is 10.1 Å². The Morgan fingerprint density at radius 2 is 2.07 bits per heavy atom. The molecule has 0 fully saturated rings. The highest BCUT2D eigenvalue weighted by atomic mass is 16.6. The minimum absolute atomic E-state index is 0.00153. The maximum absolute atomic E-state index is 10.3. The van der Waals surface area contributed by atoms with Crippen molar-refractivity contribution in [3.05, 3.63) is 39.9 Å². The lowest BCUT2D eigenvalue weighted by Gasteiger charge is -2.05. The van der Waals surface area contributed by atoms with E-state index in [9.17, 15) is 15.2 Å². The second-order valence-corrected chi connectivity index (χ2v) is 2.77. The number of terminal acetylenes is 1. The minimum Gasteiger partial charge on any atom is -0.387 e. The Labute approximate surface area is 81.3 Å². The Morgan fingerprint density at radius 3 is 2.50 bits per heavy atom. The molecule has 14 heavy (non-hydrogen) atoms. The summed E-state index contributed by atoms with van der Waals surface area (Å²) in [6.07, 6.45) is 4.48. The maximum atomic E-state index is 10.3. The van der Waals surface area contributed by atoms with E-state index in [4.69, 9.17) is 6.42 Å². The van der Waals surface area contributed by atoms with Crippen molar-refractivity contribution in [2.24, 2.45) is 0 Å². The number of nitro benzene ring substituents is 1. The fraction of sp³-hybridized carbons (Fsp3) is 0.200. The smallest absolute Gasteiger partial charge is 0.269 e. The van der Waals surface area contributed by atoms with Gasteiger partial charge in [-0.1, -0.05) is 0 Å². The normalized spacial score (nSPS) is 11.7. The van der Waals surface area contributed by atoms with Gasteiger partial charge in [0.05, 0.1) is 11.0 Å². The average Bonchev–Trinajstić information content (AvgIpc) is 2.18. The molecule has 0 radical (unpaired) electrons. The maximum Gasteiger partial charge on any atom is 0.269 e. The molecule has 1 rings (SSSR count). The third-order valence-corrected chi connectivity index (χ3v) is 1.80. The molecule has 4 heteroatoms. The first-order valence-electron chi connectivity index (χ1n) is 4.01. The van der Waals surface area contributed by atoms with Crippen molar-refractivity contribution in [2.45, 2.75) is 12.5 Å². The quantitative estimate of drug-likeness (QED) is 0.449. The van der Waals surface area contributed by atoms with Crippen LogP contribution in [0.5, 0.6) is 0 Å². The number of benzene rings is 1. The van der Waals surface area contributed by atoms with Crippen LogP contribution in [0.25, 0.3) is 0 Å². The van der Waals surface area contributed by atoms with Crippen LogP contribution in [0, 0.1) is 22.5 Å². The molecule has 0 aromatic heterocycles. The highest BCUT2D eigenvalue weighted by Crippen LogP contribution is 2.19. The van der Waals surface area contributed by atoms with Crippen LogP contribution in [-0.2, 0) is 0 Å². The summed E-state index contributed by atoms with van der Waals surface area (Å²) in [6.45, 7) is 0. The van der Waals surface area contributed by atoms with Crippen LogP contribution in [0.15, 0.2) is 24.3 Å². The summed E-state index contributed by atoms with van der Waals surface area (Å²) in [4.78, 5) is 9.83. The molecule has 1 atom stereocenters. The Morgan fingerprint density at radius 1 is 1.50 bits per heavy atom. The van der Waals surface area contributed by atoms with Crippen LogP contribution < -0.4 is 0 Å². The third-order valence-electron chi connectivity index (χ3n) is 1.80. The molecule has 72 valence electrons. The van der Waals surface area contributed by atoms with Crippen molar-refractivity contribution in [1.29, 1.82) is 0 Å². The Hall–Kier alpha value is -1.86. The molecule has 0 aliphatic heterocycles. The first kappa shape index (κ1) is 10.2. The van der Waals surface area contributed by atoms with Gasteiger partial charge in [0.1, 0.15) is 0 Å². The molecule has 0 saturated carbocycles. The monoisotopic (exact) mass is 191 g/mol. The van der Waals surface area contributed by atoms with Gasteiger partial charge in [-0.05, 0) is 17.7 Å². The van der Waals surface area contributed by atoms with E-state index in [1.165, 1.54) is 24.3 Å². The first-order valence-corrected chi connectivity index (χ1v) is 4.01. The van der Waals surface area contributed by atoms with Crippen molar-refractivity contribution >= 4 is 5.69 Å². The number of aliphatic hydroxyl groups is 1. The van der Waals surface area contributed by atoms with E-state index >= 15 is 0 Å². The molecule has 1 aromatic carbocycles. The summed E-state index contributed by atoms with van der Waals surface area (Å²) in [5, 5.41) is 19.8.